The average Bonchev–Trinajstić information content (AvgIpc) is 3.28. The maximum Gasteiger partial charge on any atom is 0.322 e. The van der Waals surface area contributed by atoms with Gasteiger partial charge >= 0.3 is 6.01 Å². The number of nitrogens with zero attached hydrogens (tertiary/aromatic N) is 3. The summed E-state index contributed by atoms with van der Waals surface area (Å²) in [6.45, 7) is 0. The first-order valence-electron chi connectivity index (χ1n) is 7.38. The van der Waals surface area contributed by atoms with E-state index < -0.39 is 0 Å². The van der Waals surface area contributed by atoms with E-state index >= 15 is 0 Å². The minimum Gasteiger partial charge on any atom is -0.403 e. The van der Waals surface area contributed by atoms with Gasteiger partial charge in [-0.15, -0.1) is 28.2 Å². The highest BCUT2D eigenvalue weighted by atomic mass is 32.2. The van der Waals surface area contributed by atoms with Gasteiger partial charge in [-0.25, -0.2) is 4.98 Å². The van der Waals surface area contributed by atoms with Crippen LogP contribution in [0.5, 0.6) is 0 Å². The fourth-order valence-electron chi connectivity index (χ4n) is 2.27. The molecule has 0 saturated carbocycles. The summed E-state index contributed by atoms with van der Waals surface area (Å²) in [6.07, 6.45) is 2.00. The first kappa shape index (κ1) is 15.8. The molecular formula is C17H12N4O2S2. The first-order valence-corrected chi connectivity index (χ1v) is 9.42. The average molecular weight is 368 g/mol. The molecule has 124 valence electrons. The molecule has 0 spiro atoms. The lowest BCUT2D eigenvalue weighted by molar-refractivity contribution is 0.102. The van der Waals surface area contributed by atoms with Gasteiger partial charge in [0.25, 0.3) is 5.91 Å². The molecule has 0 aliphatic heterocycles. The molecule has 2 aromatic heterocycles. The third kappa shape index (κ3) is 3.26. The molecule has 25 heavy (non-hydrogen) atoms. The van der Waals surface area contributed by atoms with E-state index in [1.165, 1.54) is 11.3 Å². The summed E-state index contributed by atoms with van der Waals surface area (Å²) in [7, 11) is 0. The highest BCUT2D eigenvalue weighted by Crippen LogP contribution is 2.25. The third-order valence-corrected chi connectivity index (χ3v) is 5.21. The Hall–Kier alpha value is -2.71. The molecule has 1 N–H and O–H groups in total. The number of fused-ring (bicyclic) bond motifs is 1. The van der Waals surface area contributed by atoms with Crippen LogP contribution in [0.2, 0.25) is 0 Å². The molecule has 0 radical (unpaired) electrons. The Morgan fingerprint density at radius 1 is 1.16 bits per heavy atom. The number of hydrogen-bond acceptors (Lipinski definition) is 7. The van der Waals surface area contributed by atoms with Crippen molar-refractivity contribution in [1.82, 2.24) is 15.2 Å². The number of benzene rings is 2. The van der Waals surface area contributed by atoms with Crippen LogP contribution in [-0.4, -0.2) is 27.3 Å². The van der Waals surface area contributed by atoms with Crippen LogP contribution in [0.4, 0.5) is 6.01 Å². The highest BCUT2D eigenvalue weighted by Gasteiger charge is 2.16. The Kier molecular flexibility index (Phi) is 4.21. The second-order valence-electron chi connectivity index (χ2n) is 5.09. The van der Waals surface area contributed by atoms with Crippen LogP contribution in [0.3, 0.4) is 0 Å². The van der Waals surface area contributed by atoms with Gasteiger partial charge < -0.3 is 4.42 Å². The number of carbonyl (C=O) groups excluding carboxylic acids is 1. The number of aromatic nitrogens is 3. The van der Waals surface area contributed by atoms with Crippen LogP contribution in [0.25, 0.3) is 21.7 Å². The Bertz CT molecular complexity index is 1020. The van der Waals surface area contributed by atoms with E-state index in [1.807, 2.05) is 54.8 Å². The molecule has 0 aliphatic rings. The monoisotopic (exact) mass is 368 g/mol. The number of para-hydroxylation sites is 1. The summed E-state index contributed by atoms with van der Waals surface area (Å²) in [5, 5.41) is 10.8. The van der Waals surface area contributed by atoms with Crippen LogP contribution in [0, 0.1) is 0 Å². The van der Waals surface area contributed by atoms with E-state index in [2.05, 4.69) is 20.5 Å². The summed E-state index contributed by atoms with van der Waals surface area (Å²) in [5.74, 6) is -0.00948. The molecule has 2 aromatic carbocycles. The zero-order chi connectivity index (χ0) is 17.2. The summed E-state index contributed by atoms with van der Waals surface area (Å²) in [4.78, 5) is 17.7. The van der Waals surface area contributed by atoms with Crippen LogP contribution in [0.1, 0.15) is 9.80 Å². The van der Waals surface area contributed by atoms with Crippen molar-refractivity contribution in [3.8, 4) is 11.5 Å². The van der Waals surface area contributed by atoms with Gasteiger partial charge in [0, 0.05) is 10.5 Å². The number of carbonyl (C=O) groups is 1. The largest absolute Gasteiger partial charge is 0.403 e. The van der Waals surface area contributed by atoms with E-state index in [0.717, 1.165) is 20.7 Å². The Morgan fingerprint density at radius 3 is 2.88 bits per heavy atom. The summed E-state index contributed by atoms with van der Waals surface area (Å²) >= 11 is 2.94. The minimum absolute atomic E-state index is 0.0498. The molecule has 2 heterocycles. The zero-order valence-corrected chi connectivity index (χ0v) is 14.7. The molecule has 8 heteroatoms. The summed E-state index contributed by atoms with van der Waals surface area (Å²) in [6, 6.07) is 15.4. The Labute approximate surface area is 151 Å². The van der Waals surface area contributed by atoms with E-state index in [9.17, 15) is 4.79 Å². The van der Waals surface area contributed by atoms with Gasteiger partial charge in [0.2, 0.25) is 5.89 Å². The van der Waals surface area contributed by atoms with Gasteiger partial charge in [-0.3, -0.25) is 10.1 Å². The zero-order valence-electron chi connectivity index (χ0n) is 13.1. The predicted molar refractivity (Wildman–Crippen MR) is 99.1 cm³/mol. The predicted octanol–water partition coefficient (Wildman–Crippen LogP) is 4.32. The van der Waals surface area contributed by atoms with Gasteiger partial charge in [0.1, 0.15) is 0 Å². The number of rotatable bonds is 4. The van der Waals surface area contributed by atoms with E-state index in [1.54, 1.807) is 11.8 Å². The second-order valence-corrected chi connectivity index (χ2v) is 7.00. The standard InChI is InChI=1S/C17H12N4O2S2/c1-24-11-6-4-5-10(9-11)15-20-21-17(23-15)19-14(22)16-18-12-7-2-3-8-13(12)25-16/h2-9H,1H3,(H,19,21,22). The fourth-order valence-corrected chi connectivity index (χ4v) is 3.59. The lowest BCUT2D eigenvalue weighted by atomic mass is 10.2. The quantitative estimate of drug-likeness (QED) is 0.540. The number of nitrogens with one attached hydrogen (secondary N) is 1. The normalized spacial score (nSPS) is 10.9. The number of thiazole rings is 1. The molecule has 0 atom stereocenters. The number of thioether (sulfide) groups is 1. The smallest absolute Gasteiger partial charge is 0.322 e. The molecule has 0 fully saturated rings. The van der Waals surface area contributed by atoms with Crippen molar-refractivity contribution in [2.75, 3.05) is 11.6 Å². The summed E-state index contributed by atoms with van der Waals surface area (Å²) in [5.41, 5.74) is 1.59. The SMILES string of the molecule is CSc1cccc(-c2nnc(NC(=O)c3nc4ccccc4s3)o2)c1. The molecule has 4 aromatic rings. The third-order valence-electron chi connectivity index (χ3n) is 3.45. The van der Waals surface area contributed by atoms with Crippen molar-refractivity contribution in [1.29, 1.82) is 0 Å². The number of amides is 1. The molecule has 0 aliphatic carbocycles. The molecule has 6 nitrogen and oxygen atoms in total. The minimum atomic E-state index is -0.366. The van der Waals surface area contributed by atoms with Crippen molar-refractivity contribution < 1.29 is 9.21 Å². The van der Waals surface area contributed by atoms with Crippen molar-refractivity contribution in [3.05, 3.63) is 53.5 Å². The maximum atomic E-state index is 12.3. The first-order chi connectivity index (χ1) is 12.2. The second kappa shape index (κ2) is 6.66. The number of anilines is 1. The van der Waals surface area contributed by atoms with Gasteiger partial charge in [-0.05, 0) is 36.6 Å². The topological polar surface area (TPSA) is 80.9 Å². The Balaban J connectivity index is 1.55. The summed E-state index contributed by atoms with van der Waals surface area (Å²) < 4.78 is 6.50. The molecular weight excluding hydrogens is 356 g/mol. The Morgan fingerprint density at radius 2 is 2.04 bits per heavy atom. The molecule has 0 unspecified atom stereocenters. The van der Waals surface area contributed by atoms with Crippen molar-refractivity contribution in [3.63, 3.8) is 0 Å². The van der Waals surface area contributed by atoms with Crippen LogP contribution < -0.4 is 5.32 Å². The lowest BCUT2D eigenvalue weighted by Crippen LogP contribution is -2.11. The van der Waals surface area contributed by atoms with Crippen molar-refractivity contribution in [2.45, 2.75) is 4.90 Å². The molecule has 4 rings (SSSR count). The fraction of sp³-hybridized carbons (Fsp3) is 0.0588. The van der Waals surface area contributed by atoms with Crippen molar-refractivity contribution in [2.24, 2.45) is 0 Å². The van der Waals surface area contributed by atoms with Crippen molar-refractivity contribution >= 4 is 45.2 Å². The lowest BCUT2D eigenvalue weighted by Gasteiger charge is -1.98. The maximum absolute atomic E-state index is 12.3. The van der Waals surface area contributed by atoms with Crippen LogP contribution in [0.15, 0.2) is 57.8 Å². The molecule has 0 saturated heterocycles. The van der Waals surface area contributed by atoms with Gasteiger partial charge in [-0.2, -0.15) is 0 Å². The highest BCUT2D eigenvalue weighted by molar-refractivity contribution is 7.98. The van der Waals surface area contributed by atoms with E-state index in [-0.39, 0.29) is 11.9 Å². The van der Waals surface area contributed by atoms with Crippen LogP contribution in [-0.2, 0) is 0 Å². The van der Waals surface area contributed by atoms with Crippen LogP contribution >= 0.6 is 23.1 Å². The van der Waals surface area contributed by atoms with E-state index in [4.69, 9.17) is 4.42 Å². The van der Waals surface area contributed by atoms with Gasteiger partial charge in [0.15, 0.2) is 5.01 Å². The van der Waals surface area contributed by atoms with Gasteiger partial charge in [-0.1, -0.05) is 23.3 Å². The van der Waals surface area contributed by atoms with Gasteiger partial charge in [0.05, 0.1) is 10.2 Å². The molecule has 1 amide bonds. The van der Waals surface area contributed by atoms with E-state index in [0.29, 0.717) is 10.9 Å². The molecule has 0 bridgehead atoms. The number of hydrogen-bond donors (Lipinski definition) is 1.